The highest BCUT2D eigenvalue weighted by molar-refractivity contribution is 6.31. The maximum absolute atomic E-state index is 12.4. The van der Waals surface area contributed by atoms with Gasteiger partial charge in [0.15, 0.2) is 5.92 Å². The Morgan fingerprint density at radius 2 is 1.96 bits per heavy atom. The van der Waals surface area contributed by atoms with Crippen molar-refractivity contribution in [3.8, 4) is 0 Å². The van der Waals surface area contributed by atoms with Crippen LogP contribution in [-0.4, -0.2) is 32.9 Å². The van der Waals surface area contributed by atoms with E-state index < -0.39 is 29.5 Å². The fourth-order valence-electron chi connectivity index (χ4n) is 2.26. The van der Waals surface area contributed by atoms with E-state index >= 15 is 0 Å². The quantitative estimate of drug-likeness (QED) is 0.587. The fourth-order valence-corrected chi connectivity index (χ4v) is 2.51. The van der Waals surface area contributed by atoms with E-state index in [2.05, 4.69) is 5.10 Å². The number of carbonyl (C=O) groups excluding carboxylic acids is 1. The number of hydrogen-bond acceptors (Lipinski definition) is 5. The van der Waals surface area contributed by atoms with Crippen LogP contribution in [0.3, 0.4) is 0 Å². The van der Waals surface area contributed by atoms with Gasteiger partial charge in [-0.05, 0) is 18.9 Å². The lowest BCUT2D eigenvalue weighted by Crippen LogP contribution is -2.31. The third-order valence-corrected chi connectivity index (χ3v) is 4.25. The van der Waals surface area contributed by atoms with E-state index in [1.165, 1.54) is 0 Å². The molecule has 2 unspecified atom stereocenters. The van der Waals surface area contributed by atoms with Crippen molar-refractivity contribution in [2.75, 3.05) is 0 Å². The minimum absolute atomic E-state index is 0.175. The van der Waals surface area contributed by atoms with Crippen LogP contribution in [0.15, 0.2) is 41.3 Å². The first-order valence-corrected chi connectivity index (χ1v) is 8.45. The van der Waals surface area contributed by atoms with Gasteiger partial charge in [-0.15, -0.1) is 0 Å². The first kappa shape index (κ1) is 19.7. The van der Waals surface area contributed by atoms with Crippen LogP contribution in [0.1, 0.15) is 37.3 Å². The van der Waals surface area contributed by atoms with Crippen LogP contribution >= 0.6 is 11.6 Å². The van der Waals surface area contributed by atoms with Gasteiger partial charge in [-0.2, -0.15) is 5.10 Å². The molecule has 1 N–H and O–H groups in total. The molecule has 2 atom stereocenters. The molecule has 1 aromatic heterocycles. The molecule has 0 aliphatic carbocycles. The Morgan fingerprint density at radius 1 is 1.31 bits per heavy atom. The summed E-state index contributed by atoms with van der Waals surface area (Å²) in [5, 5.41) is 13.0. The summed E-state index contributed by atoms with van der Waals surface area (Å²) in [6.07, 6.45) is 1.21. The third kappa shape index (κ3) is 4.49. The van der Waals surface area contributed by atoms with Gasteiger partial charge in [0.05, 0.1) is 18.8 Å². The predicted octanol–water partition coefficient (Wildman–Crippen LogP) is 2.45. The number of nitrogens with zero attached hydrogens (tertiary/aromatic N) is 2. The van der Waals surface area contributed by atoms with Crippen LogP contribution in [0.5, 0.6) is 0 Å². The first-order chi connectivity index (χ1) is 12.3. The molecule has 0 saturated carbocycles. The monoisotopic (exact) mass is 378 g/mol. The molecule has 1 aromatic carbocycles. The summed E-state index contributed by atoms with van der Waals surface area (Å²) >= 11 is 6.07. The van der Waals surface area contributed by atoms with Gasteiger partial charge >= 0.3 is 11.9 Å². The van der Waals surface area contributed by atoms with Gasteiger partial charge in [-0.25, -0.2) is 4.68 Å². The van der Waals surface area contributed by atoms with Gasteiger partial charge in [-0.3, -0.25) is 14.4 Å². The van der Waals surface area contributed by atoms with E-state index in [-0.39, 0.29) is 17.1 Å². The minimum atomic E-state index is -1.71. The highest BCUT2D eigenvalue weighted by Gasteiger charge is 2.34. The maximum Gasteiger partial charge on any atom is 0.325 e. The second kappa shape index (κ2) is 8.62. The molecule has 0 aliphatic heterocycles. The highest BCUT2D eigenvalue weighted by atomic mass is 35.5. The molecule has 2 rings (SSSR count). The number of hydrogen-bond donors (Lipinski definition) is 1. The zero-order chi connectivity index (χ0) is 19.3. The normalized spacial score (nSPS) is 13.0. The molecule has 2 aromatic rings. The fraction of sp³-hybridized carbons (Fsp3) is 0.333. The van der Waals surface area contributed by atoms with E-state index in [9.17, 15) is 19.5 Å². The second-order valence-electron chi connectivity index (χ2n) is 5.79. The van der Waals surface area contributed by atoms with Crippen LogP contribution in [-0.2, 0) is 20.9 Å². The van der Waals surface area contributed by atoms with Gasteiger partial charge in [-0.1, -0.05) is 48.9 Å². The minimum Gasteiger partial charge on any atom is -0.480 e. The molecule has 0 spiro atoms. The molecule has 8 heteroatoms. The van der Waals surface area contributed by atoms with Gasteiger partial charge in [0.2, 0.25) is 0 Å². The van der Waals surface area contributed by atoms with Crippen LogP contribution in [0, 0.1) is 0 Å². The number of benzene rings is 1. The average molecular weight is 379 g/mol. The molecule has 0 aliphatic rings. The van der Waals surface area contributed by atoms with Crippen molar-refractivity contribution >= 4 is 23.5 Å². The summed E-state index contributed by atoms with van der Waals surface area (Å²) in [6.45, 7) is 3.62. The van der Waals surface area contributed by atoms with E-state index in [1.54, 1.807) is 13.8 Å². The predicted molar refractivity (Wildman–Crippen MR) is 95.3 cm³/mol. The summed E-state index contributed by atoms with van der Waals surface area (Å²) < 4.78 is 6.19. The number of carbonyl (C=O) groups is 2. The van der Waals surface area contributed by atoms with Crippen molar-refractivity contribution in [3.63, 3.8) is 0 Å². The summed E-state index contributed by atoms with van der Waals surface area (Å²) in [5.74, 6) is -4.14. The summed E-state index contributed by atoms with van der Waals surface area (Å²) in [4.78, 5) is 36.2. The number of halogens is 1. The lowest BCUT2D eigenvalue weighted by molar-refractivity contribution is -0.157. The molecule has 0 amide bonds. The Morgan fingerprint density at radius 3 is 2.54 bits per heavy atom. The smallest absolute Gasteiger partial charge is 0.325 e. The SMILES string of the molecule is CCC(C)OC(=O)C(C(=O)O)c1cnn(Cc2ccccc2)c(=O)c1Cl. The molecule has 1 heterocycles. The Hall–Kier alpha value is -2.67. The van der Waals surface area contributed by atoms with Gasteiger partial charge in [0, 0.05) is 5.56 Å². The van der Waals surface area contributed by atoms with Crippen molar-refractivity contribution in [2.24, 2.45) is 0 Å². The van der Waals surface area contributed by atoms with E-state index in [1.807, 2.05) is 30.3 Å². The van der Waals surface area contributed by atoms with Crippen molar-refractivity contribution < 1.29 is 19.4 Å². The number of carboxylic acid groups (broad SMARTS) is 1. The first-order valence-electron chi connectivity index (χ1n) is 8.07. The number of ether oxygens (including phenoxy) is 1. The molecule has 0 radical (unpaired) electrons. The lowest BCUT2D eigenvalue weighted by atomic mass is 10.0. The highest BCUT2D eigenvalue weighted by Crippen LogP contribution is 2.23. The molecule has 7 nitrogen and oxygen atoms in total. The van der Waals surface area contributed by atoms with Gasteiger partial charge in [0.1, 0.15) is 5.02 Å². The average Bonchev–Trinajstić information content (AvgIpc) is 2.61. The number of carboxylic acids is 1. The van der Waals surface area contributed by atoms with Crippen LogP contribution in [0.25, 0.3) is 0 Å². The number of rotatable bonds is 7. The molecule has 138 valence electrons. The Balaban J connectivity index is 2.36. The van der Waals surface area contributed by atoms with Crippen LogP contribution in [0.4, 0.5) is 0 Å². The summed E-state index contributed by atoms with van der Waals surface area (Å²) in [6, 6.07) is 9.12. The van der Waals surface area contributed by atoms with E-state index in [0.29, 0.717) is 6.42 Å². The van der Waals surface area contributed by atoms with Gasteiger partial charge in [0.25, 0.3) is 5.56 Å². The Bertz CT molecular complexity index is 850. The van der Waals surface area contributed by atoms with E-state index in [4.69, 9.17) is 16.3 Å². The molecule has 0 bridgehead atoms. The Labute approximate surface area is 155 Å². The third-order valence-electron chi connectivity index (χ3n) is 3.87. The molecule has 26 heavy (non-hydrogen) atoms. The number of aliphatic carboxylic acids is 1. The molecule has 0 saturated heterocycles. The summed E-state index contributed by atoms with van der Waals surface area (Å²) in [5.41, 5.74) is -0.0192. The number of aromatic nitrogens is 2. The molecule has 0 fully saturated rings. The van der Waals surface area contributed by atoms with Crippen molar-refractivity contribution in [1.82, 2.24) is 9.78 Å². The molecular weight excluding hydrogens is 360 g/mol. The van der Waals surface area contributed by atoms with Crippen molar-refractivity contribution in [1.29, 1.82) is 0 Å². The lowest BCUT2D eigenvalue weighted by Gasteiger charge is -2.17. The van der Waals surface area contributed by atoms with Gasteiger partial charge < -0.3 is 9.84 Å². The topological polar surface area (TPSA) is 98.5 Å². The zero-order valence-corrected chi connectivity index (χ0v) is 15.1. The van der Waals surface area contributed by atoms with Crippen molar-refractivity contribution in [2.45, 2.75) is 38.8 Å². The van der Waals surface area contributed by atoms with E-state index in [0.717, 1.165) is 16.4 Å². The van der Waals surface area contributed by atoms with Crippen LogP contribution < -0.4 is 5.56 Å². The Kier molecular flexibility index (Phi) is 6.52. The zero-order valence-electron chi connectivity index (χ0n) is 14.4. The van der Waals surface area contributed by atoms with Crippen molar-refractivity contribution in [3.05, 3.63) is 63.0 Å². The van der Waals surface area contributed by atoms with Crippen LogP contribution in [0.2, 0.25) is 5.02 Å². The second-order valence-corrected chi connectivity index (χ2v) is 6.17. The maximum atomic E-state index is 12.4. The number of esters is 1. The molecular formula is C18H19ClN2O5. The largest absolute Gasteiger partial charge is 0.480 e. The standard InChI is InChI=1S/C18H19ClN2O5/c1-3-11(2)26-18(25)14(17(23)24)13-9-20-21(16(22)15(13)19)10-12-7-5-4-6-8-12/h4-9,11,14H,3,10H2,1-2H3,(H,23,24). The summed E-state index contributed by atoms with van der Waals surface area (Å²) in [7, 11) is 0.